The van der Waals surface area contributed by atoms with Gasteiger partial charge in [-0.25, -0.2) is 4.68 Å². The third-order valence-corrected chi connectivity index (χ3v) is 3.11. The van der Waals surface area contributed by atoms with Crippen LogP contribution in [0.15, 0.2) is 30.3 Å². The number of rotatable bonds is 2. The zero-order valence-corrected chi connectivity index (χ0v) is 11.2. The van der Waals surface area contributed by atoms with E-state index in [1.165, 1.54) is 4.68 Å². The fourth-order valence-corrected chi connectivity index (χ4v) is 1.98. The number of benzene rings is 1. The summed E-state index contributed by atoms with van der Waals surface area (Å²) in [4.78, 5) is 0. The Labute approximate surface area is 114 Å². The van der Waals surface area contributed by atoms with Gasteiger partial charge in [0.05, 0.1) is 11.4 Å². The average Bonchev–Trinajstić information content (AvgIpc) is 2.73. The van der Waals surface area contributed by atoms with Gasteiger partial charge in [0, 0.05) is 10.4 Å². The summed E-state index contributed by atoms with van der Waals surface area (Å²) < 4.78 is 39.0. The molecule has 0 saturated heterocycles. The van der Waals surface area contributed by atoms with Gasteiger partial charge in [-0.05, 0) is 30.3 Å². The van der Waals surface area contributed by atoms with Gasteiger partial charge in [-0.3, -0.25) is 0 Å². The standard InChI is InChI=1S/C11H7BrClF3N2/c12-6-9-5-10(11(14,15)16)17-18(9)8-3-1-7(13)2-4-8/h1-5H,6H2. The van der Waals surface area contributed by atoms with Crippen LogP contribution < -0.4 is 0 Å². The molecule has 2 rings (SSSR count). The number of hydrogen-bond donors (Lipinski definition) is 0. The van der Waals surface area contributed by atoms with Crippen LogP contribution in [0.25, 0.3) is 5.69 Å². The van der Waals surface area contributed by atoms with Crippen molar-refractivity contribution in [3.63, 3.8) is 0 Å². The monoisotopic (exact) mass is 338 g/mol. The van der Waals surface area contributed by atoms with Gasteiger partial charge in [-0.1, -0.05) is 27.5 Å². The van der Waals surface area contributed by atoms with E-state index in [1.54, 1.807) is 24.3 Å². The van der Waals surface area contributed by atoms with E-state index >= 15 is 0 Å². The number of nitrogens with zero attached hydrogens (tertiary/aromatic N) is 2. The topological polar surface area (TPSA) is 17.8 Å². The molecule has 0 aliphatic heterocycles. The van der Waals surface area contributed by atoms with E-state index in [4.69, 9.17) is 11.6 Å². The third kappa shape index (κ3) is 2.70. The minimum atomic E-state index is -4.45. The molecule has 0 N–H and O–H groups in total. The molecule has 18 heavy (non-hydrogen) atoms. The van der Waals surface area contributed by atoms with E-state index in [1.807, 2.05) is 0 Å². The smallest absolute Gasteiger partial charge is 0.236 e. The third-order valence-electron chi connectivity index (χ3n) is 2.28. The summed E-state index contributed by atoms with van der Waals surface area (Å²) in [6.07, 6.45) is -4.45. The minimum absolute atomic E-state index is 0.276. The Morgan fingerprint density at radius 2 is 1.83 bits per heavy atom. The molecule has 0 radical (unpaired) electrons. The maximum atomic E-state index is 12.6. The summed E-state index contributed by atoms with van der Waals surface area (Å²) >= 11 is 8.88. The Kier molecular flexibility index (Phi) is 3.68. The van der Waals surface area contributed by atoms with Crippen LogP contribution in [0.4, 0.5) is 13.2 Å². The number of hydrogen-bond acceptors (Lipinski definition) is 1. The first kappa shape index (κ1) is 13.4. The molecule has 96 valence electrons. The van der Waals surface area contributed by atoms with Crippen molar-refractivity contribution in [1.82, 2.24) is 9.78 Å². The van der Waals surface area contributed by atoms with Crippen LogP contribution in [-0.4, -0.2) is 9.78 Å². The molecule has 1 heterocycles. The van der Waals surface area contributed by atoms with E-state index in [9.17, 15) is 13.2 Å². The van der Waals surface area contributed by atoms with Gasteiger partial charge in [-0.2, -0.15) is 18.3 Å². The van der Waals surface area contributed by atoms with Gasteiger partial charge >= 0.3 is 6.18 Å². The summed E-state index contributed by atoms with van der Waals surface area (Å²) in [5.41, 5.74) is 0.0425. The first-order valence-corrected chi connectivity index (χ1v) is 6.40. The molecule has 7 heteroatoms. The van der Waals surface area contributed by atoms with Crippen molar-refractivity contribution in [1.29, 1.82) is 0 Å². The second kappa shape index (κ2) is 4.93. The first-order chi connectivity index (χ1) is 8.41. The summed E-state index contributed by atoms with van der Waals surface area (Å²) in [5, 5.41) is 4.36. The van der Waals surface area contributed by atoms with Gasteiger partial charge in [0.2, 0.25) is 0 Å². The van der Waals surface area contributed by atoms with Gasteiger partial charge in [-0.15, -0.1) is 0 Å². The van der Waals surface area contributed by atoms with Crippen molar-refractivity contribution in [2.75, 3.05) is 0 Å². The van der Waals surface area contributed by atoms with Gasteiger partial charge < -0.3 is 0 Å². The van der Waals surface area contributed by atoms with Crippen LogP contribution in [0.3, 0.4) is 0 Å². The first-order valence-electron chi connectivity index (χ1n) is 4.90. The van der Waals surface area contributed by atoms with E-state index in [2.05, 4.69) is 21.0 Å². The van der Waals surface area contributed by atoms with Gasteiger partial charge in [0.1, 0.15) is 0 Å². The van der Waals surface area contributed by atoms with Crippen molar-refractivity contribution in [3.05, 3.63) is 46.7 Å². The molecule has 0 aliphatic carbocycles. The highest BCUT2D eigenvalue weighted by atomic mass is 79.9. The zero-order chi connectivity index (χ0) is 13.3. The van der Waals surface area contributed by atoms with Crippen molar-refractivity contribution < 1.29 is 13.2 Å². The number of halogens is 5. The zero-order valence-electron chi connectivity index (χ0n) is 8.88. The molecule has 0 unspecified atom stereocenters. The molecule has 1 aromatic carbocycles. The van der Waals surface area contributed by atoms with E-state index in [-0.39, 0.29) is 5.33 Å². The van der Waals surface area contributed by atoms with Crippen LogP contribution in [-0.2, 0) is 11.5 Å². The largest absolute Gasteiger partial charge is 0.435 e. The summed E-state index contributed by atoms with van der Waals surface area (Å²) in [6.45, 7) is 0. The summed E-state index contributed by atoms with van der Waals surface area (Å²) in [6, 6.07) is 7.44. The maximum Gasteiger partial charge on any atom is 0.435 e. The van der Waals surface area contributed by atoms with Crippen LogP contribution in [0, 0.1) is 0 Å². The molecule has 0 fully saturated rings. The highest BCUT2D eigenvalue weighted by molar-refractivity contribution is 9.08. The molecule has 2 aromatic rings. The predicted octanol–water partition coefficient (Wildman–Crippen LogP) is 4.44. The average molecular weight is 340 g/mol. The Morgan fingerprint density at radius 1 is 1.22 bits per heavy atom. The molecule has 0 aliphatic rings. The maximum absolute atomic E-state index is 12.6. The van der Waals surface area contributed by atoms with Crippen molar-refractivity contribution >= 4 is 27.5 Å². The van der Waals surface area contributed by atoms with Crippen molar-refractivity contribution in [2.45, 2.75) is 11.5 Å². The Hall–Kier alpha value is -1.01. The fourth-order valence-electron chi connectivity index (χ4n) is 1.46. The lowest BCUT2D eigenvalue weighted by Crippen LogP contribution is -2.07. The Balaban J connectivity index is 2.50. The Morgan fingerprint density at radius 3 is 2.33 bits per heavy atom. The van der Waals surface area contributed by atoms with Gasteiger partial charge in [0.25, 0.3) is 0 Å². The highest BCUT2D eigenvalue weighted by Gasteiger charge is 2.34. The fraction of sp³-hybridized carbons (Fsp3) is 0.182. The van der Waals surface area contributed by atoms with Crippen LogP contribution in [0.5, 0.6) is 0 Å². The van der Waals surface area contributed by atoms with Crippen LogP contribution in [0.2, 0.25) is 5.02 Å². The molecular formula is C11H7BrClF3N2. The van der Waals surface area contributed by atoms with E-state index in [0.29, 0.717) is 16.4 Å². The van der Waals surface area contributed by atoms with E-state index < -0.39 is 11.9 Å². The lowest BCUT2D eigenvalue weighted by molar-refractivity contribution is -0.141. The Bertz CT molecular complexity index is 548. The summed E-state index contributed by atoms with van der Waals surface area (Å²) in [7, 11) is 0. The van der Waals surface area contributed by atoms with Crippen molar-refractivity contribution in [2.24, 2.45) is 0 Å². The molecule has 0 saturated carbocycles. The molecule has 1 aromatic heterocycles. The summed E-state index contributed by atoms with van der Waals surface area (Å²) in [5.74, 6) is 0. The lowest BCUT2D eigenvalue weighted by atomic mass is 10.3. The number of aromatic nitrogens is 2. The molecule has 0 amide bonds. The van der Waals surface area contributed by atoms with Crippen LogP contribution >= 0.6 is 27.5 Å². The second-order valence-corrected chi connectivity index (χ2v) is 4.54. The van der Waals surface area contributed by atoms with E-state index in [0.717, 1.165) is 6.07 Å². The second-order valence-electron chi connectivity index (χ2n) is 3.54. The van der Waals surface area contributed by atoms with Crippen LogP contribution in [0.1, 0.15) is 11.4 Å². The van der Waals surface area contributed by atoms with Crippen molar-refractivity contribution in [3.8, 4) is 5.69 Å². The molecular weight excluding hydrogens is 332 g/mol. The van der Waals surface area contributed by atoms with Gasteiger partial charge in [0.15, 0.2) is 5.69 Å². The SMILES string of the molecule is FC(F)(F)c1cc(CBr)n(-c2ccc(Cl)cc2)n1. The quantitative estimate of drug-likeness (QED) is 0.740. The molecule has 0 atom stereocenters. The molecule has 2 nitrogen and oxygen atoms in total. The highest BCUT2D eigenvalue weighted by Crippen LogP contribution is 2.30. The molecule has 0 bridgehead atoms. The normalized spacial score (nSPS) is 11.8. The lowest BCUT2D eigenvalue weighted by Gasteiger charge is -2.05. The molecule has 0 spiro atoms. The predicted molar refractivity (Wildman–Crippen MR) is 66.2 cm³/mol. The minimum Gasteiger partial charge on any atom is -0.236 e. The number of alkyl halides is 4.